The largest absolute Gasteiger partial charge is 0.323 e. The van der Waals surface area contributed by atoms with Gasteiger partial charge in [-0.3, -0.25) is 9.59 Å². The molecule has 3 nitrogen and oxygen atoms in total. The first-order valence-corrected chi connectivity index (χ1v) is 7.34. The van der Waals surface area contributed by atoms with Crippen molar-refractivity contribution >= 4 is 17.4 Å². The maximum atomic E-state index is 13.6. The fourth-order valence-electron chi connectivity index (χ4n) is 3.52. The lowest BCUT2D eigenvalue weighted by Crippen LogP contribution is -2.40. The van der Waals surface area contributed by atoms with E-state index in [9.17, 15) is 18.4 Å². The van der Waals surface area contributed by atoms with E-state index in [1.165, 1.54) is 6.07 Å². The van der Waals surface area contributed by atoms with Gasteiger partial charge in [0.1, 0.15) is 17.4 Å². The molecule has 0 aliphatic heterocycles. The number of carbonyl (C=O) groups excluding carboxylic acids is 2. The molecule has 5 heteroatoms. The number of rotatable bonds is 2. The summed E-state index contributed by atoms with van der Waals surface area (Å²) in [4.78, 5) is 24.3. The molecule has 1 aromatic carbocycles. The highest BCUT2D eigenvalue weighted by Crippen LogP contribution is 2.40. The van der Waals surface area contributed by atoms with Crippen LogP contribution in [0.2, 0.25) is 0 Å². The van der Waals surface area contributed by atoms with Crippen LogP contribution in [-0.2, 0) is 9.59 Å². The fourth-order valence-corrected chi connectivity index (χ4v) is 3.52. The van der Waals surface area contributed by atoms with Crippen molar-refractivity contribution < 1.29 is 18.4 Å². The molecular formula is C16H17F2NO2. The van der Waals surface area contributed by atoms with Crippen LogP contribution in [0.4, 0.5) is 14.5 Å². The van der Waals surface area contributed by atoms with Gasteiger partial charge in [0.2, 0.25) is 5.91 Å². The van der Waals surface area contributed by atoms with Gasteiger partial charge in [-0.15, -0.1) is 0 Å². The van der Waals surface area contributed by atoms with Crippen LogP contribution < -0.4 is 5.32 Å². The second kappa shape index (κ2) is 5.54. The summed E-state index contributed by atoms with van der Waals surface area (Å²) in [6, 6.07) is 3.07. The van der Waals surface area contributed by atoms with Gasteiger partial charge in [-0.1, -0.05) is 6.42 Å². The Hall–Kier alpha value is -1.78. The lowest BCUT2D eigenvalue weighted by Gasteiger charge is -2.36. The van der Waals surface area contributed by atoms with E-state index >= 15 is 0 Å². The smallest absolute Gasteiger partial charge is 0.227 e. The first-order valence-electron chi connectivity index (χ1n) is 7.34. The van der Waals surface area contributed by atoms with Gasteiger partial charge >= 0.3 is 0 Å². The fraction of sp³-hybridized carbons (Fsp3) is 0.500. The first-order chi connectivity index (χ1) is 10.0. The molecule has 2 unspecified atom stereocenters. The minimum Gasteiger partial charge on any atom is -0.323 e. The predicted molar refractivity (Wildman–Crippen MR) is 73.5 cm³/mol. The molecule has 2 saturated carbocycles. The van der Waals surface area contributed by atoms with Crippen molar-refractivity contribution in [2.75, 3.05) is 5.32 Å². The average Bonchev–Trinajstić information content (AvgIpc) is 2.41. The van der Waals surface area contributed by atoms with E-state index < -0.39 is 11.6 Å². The third-order valence-corrected chi connectivity index (χ3v) is 4.61. The Kier molecular flexibility index (Phi) is 3.74. The molecule has 0 heterocycles. The van der Waals surface area contributed by atoms with Crippen LogP contribution in [-0.4, -0.2) is 11.7 Å². The van der Waals surface area contributed by atoms with Gasteiger partial charge < -0.3 is 5.32 Å². The quantitative estimate of drug-likeness (QED) is 0.909. The zero-order valence-corrected chi connectivity index (χ0v) is 11.6. The van der Waals surface area contributed by atoms with Crippen LogP contribution in [0.1, 0.15) is 32.1 Å². The number of nitrogens with one attached hydrogen (secondary N) is 1. The number of hydrogen-bond acceptors (Lipinski definition) is 2. The minimum absolute atomic E-state index is 0.0107. The van der Waals surface area contributed by atoms with E-state index in [0.717, 1.165) is 31.4 Å². The molecule has 3 rings (SSSR count). The summed E-state index contributed by atoms with van der Waals surface area (Å²) >= 11 is 0. The van der Waals surface area contributed by atoms with Gasteiger partial charge in [-0.25, -0.2) is 8.78 Å². The zero-order chi connectivity index (χ0) is 15.0. The maximum absolute atomic E-state index is 13.6. The normalized spacial score (nSPS) is 28.3. The van der Waals surface area contributed by atoms with Crippen LogP contribution in [0.3, 0.4) is 0 Å². The number of anilines is 1. The Balaban J connectivity index is 1.70. The van der Waals surface area contributed by atoms with Crippen molar-refractivity contribution in [3.05, 3.63) is 29.8 Å². The summed E-state index contributed by atoms with van der Waals surface area (Å²) in [6.07, 6.45) is 3.84. The summed E-state index contributed by atoms with van der Waals surface area (Å²) in [5.41, 5.74) is -0.0107. The molecule has 2 atom stereocenters. The van der Waals surface area contributed by atoms with Gasteiger partial charge in [0.05, 0.1) is 5.69 Å². The molecule has 112 valence electrons. The number of carbonyl (C=O) groups is 2. The van der Waals surface area contributed by atoms with Crippen molar-refractivity contribution in [3.8, 4) is 0 Å². The van der Waals surface area contributed by atoms with Gasteiger partial charge in [0, 0.05) is 23.8 Å². The second-order valence-corrected chi connectivity index (χ2v) is 6.01. The second-order valence-electron chi connectivity index (χ2n) is 6.01. The molecule has 1 N–H and O–H groups in total. The van der Waals surface area contributed by atoms with Crippen molar-refractivity contribution in [1.29, 1.82) is 0 Å². The number of Topliss-reactive ketones (excluding diaryl/α,β-unsaturated/α-hetero) is 1. The topological polar surface area (TPSA) is 46.2 Å². The standard InChI is InChI=1S/C16H17F2NO2/c17-12-4-5-14(13(18)8-12)19-16(21)11-6-9-2-1-3-10(7-11)15(9)20/h4-5,8-11H,1-3,6-7H2,(H,19,21). The molecule has 1 aromatic rings. The number of amides is 1. The first kappa shape index (κ1) is 14.2. The molecular weight excluding hydrogens is 276 g/mol. The Labute approximate surface area is 121 Å². The van der Waals surface area contributed by atoms with Crippen LogP contribution in [0.25, 0.3) is 0 Å². The van der Waals surface area contributed by atoms with Gasteiger partial charge in [-0.05, 0) is 37.8 Å². The Morgan fingerprint density at radius 1 is 1.14 bits per heavy atom. The van der Waals surface area contributed by atoms with Gasteiger partial charge in [0.15, 0.2) is 0 Å². The maximum Gasteiger partial charge on any atom is 0.227 e. The van der Waals surface area contributed by atoms with E-state index in [1.54, 1.807) is 0 Å². The van der Waals surface area contributed by atoms with E-state index in [4.69, 9.17) is 0 Å². The SMILES string of the molecule is O=C(Nc1ccc(F)cc1F)C1CC2CCCC(C1)C2=O. The Bertz CT molecular complexity index is 572. The van der Waals surface area contributed by atoms with Crippen LogP contribution in [0.15, 0.2) is 18.2 Å². The predicted octanol–water partition coefficient (Wildman–Crippen LogP) is 3.30. The van der Waals surface area contributed by atoms with Crippen molar-refractivity contribution in [2.24, 2.45) is 17.8 Å². The monoisotopic (exact) mass is 293 g/mol. The summed E-state index contributed by atoms with van der Waals surface area (Å²) in [5, 5.41) is 2.52. The number of halogens is 2. The lowest BCUT2D eigenvalue weighted by atomic mass is 9.67. The highest BCUT2D eigenvalue weighted by molar-refractivity contribution is 5.95. The number of ketones is 1. The van der Waals surface area contributed by atoms with Crippen LogP contribution in [0, 0.1) is 29.4 Å². The molecule has 1 amide bonds. The molecule has 2 fully saturated rings. The molecule has 0 spiro atoms. The molecule has 0 aromatic heterocycles. The zero-order valence-electron chi connectivity index (χ0n) is 11.6. The number of hydrogen-bond donors (Lipinski definition) is 1. The number of fused-ring (bicyclic) bond motifs is 2. The Morgan fingerprint density at radius 3 is 2.43 bits per heavy atom. The summed E-state index contributed by atoms with van der Waals surface area (Å²) in [6.45, 7) is 0. The molecule has 2 aliphatic rings. The van der Waals surface area contributed by atoms with E-state index in [-0.39, 0.29) is 29.3 Å². The molecule has 0 saturated heterocycles. The van der Waals surface area contributed by atoms with Gasteiger partial charge in [0.25, 0.3) is 0 Å². The summed E-state index contributed by atoms with van der Waals surface area (Å²) in [7, 11) is 0. The third kappa shape index (κ3) is 2.82. The van der Waals surface area contributed by atoms with Gasteiger partial charge in [-0.2, -0.15) is 0 Å². The van der Waals surface area contributed by atoms with Crippen molar-refractivity contribution in [3.63, 3.8) is 0 Å². The lowest BCUT2D eigenvalue weighted by molar-refractivity contribution is -0.136. The number of benzene rings is 1. The third-order valence-electron chi connectivity index (χ3n) is 4.61. The molecule has 0 radical (unpaired) electrons. The average molecular weight is 293 g/mol. The highest BCUT2D eigenvalue weighted by Gasteiger charge is 2.41. The molecule has 21 heavy (non-hydrogen) atoms. The van der Waals surface area contributed by atoms with E-state index in [2.05, 4.69) is 5.32 Å². The van der Waals surface area contributed by atoms with E-state index in [1.807, 2.05) is 0 Å². The van der Waals surface area contributed by atoms with E-state index in [0.29, 0.717) is 18.6 Å². The minimum atomic E-state index is -0.782. The highest BCUT2D eigenvalue weighted by atomic mass is 19.1. The van der Waals surface area contributed by atoms with Crippen LogP contribution in [0.5, 0.6) is 0 Å². The van der Waals surface area contributed by atoms with Crippen molar-refractivity contribution in [1.82, 2.24) is 0 Å². The Morgan fingerprint density at radius 2 is 1.81 bits per heavy atom. The van der Waals surface area contributed by atoms with Crippen molar-refractivity contribution in [2.45, 2.75) is 32.1 Å². The molecule has 2 aliphatic carbocycles. The van der Waals surface area contributed by atoms with Crippen LogP contribution >= 0.6 is 0 Å². The summed E-state index contributed by atoms with van der Waals surface area (Å²) < 4.78 is 26.4. The molecule has 2 bridgehead atoms. The summed E-state index contributed by atoms with van der Waals surface area (Å²) in [5.74, 6) is -1.75.